The molecule has 0 aliphatic carbocycles. The highest BCUT2D eigenvalue weighted by Crippen LogP contribution is 2.19. The lowest BCUT2D eigenvalue weighted by atomic mass is 10.2. The minimum atomic E-state index is -0.380. The van der Waals surface area contributed by atoms with Crippen molar-refractivity contribution in [2.75, 3.05) is 37.7 Å². The Kier molecular flexibility index (Phi) is 6.35. The van der Waals surface area contributed by atoms with E-state index < -0.39 is 0 Å². The van der Waals surface area contributed by atoms with E-state index in [4.69, 9.17) is 4.74 Å². The van der Waals surface area contributed by atoms with Gasteiger partial charge in [-0.05, 0) is 43.7 Å². The van der Waals surface area contributed by atoms with Crippen LogP contribution in [-0.2, 0) is 11.8 Å². The molecule has 1 fully saturated rings. The molecule has 1 amide bonds. The topological polar surface area (TPSA) is 76.8 Å². The summed E-state index contributed by atoms with van der Waals surface area (Å²) in [7, 11) is 1.50. The molecular weight excluding hydrogens is 420 g/mol. The third kappa shape index (κ3) is 4.55. The molecule has 2 aromatic carbocycles. The lowest BCUT2D eigenvalue weighted by molar-refractivity contribution is -0.133. The number of amides is 1. The van der Waals surface area contributed by atoms with Gasteiger partial charge in [-0.1, -0.05) is 30.3 Å². The Morgan fingerprint density at radius 2 is 1.64 bits per heavy atom. The summed E-state index contributed by atoms with van der Waals surface area (Å²) in [5, 5.41) is 0. The molecule has 0 spiro atoms. The predicted molar refractivity (Wildman–Crippen MR) is 127 cm³/mol. The molecule has 0 atom stereocenters. The Bertz CT molecular complexity index is 1270. The summed E-state index contributed by atoms with van der Waals surface area (Å²) in [6.45, 7) is 5.69. The summed E-state index contributed by atoms with van der Waals surface area (Å²) in [6.07, 6.45) is 0. The molecule has 4 rings (SSSR count). The van der Waals surface area contributed by atoms with Crippen LogP contribution in [0.4, 0.5) is 5.69 Å². The van der Waals surface area contributed by atoms with E-state index in [9.17, 15) is 14.4 Å². The fourth-order valence-electron chi connectivity index (χ4n) is 4.17. The van der Waals surface area contributed by atoms with E-state index in [1.165, 1.54) is 7.05 Å². The van der Waals surface area contributed by atoms with Crippen molar-refractivity contribution in [3.63, 3.8) is 0 Å². The molecule has 0 saturated carbocycles. The van der Waals surface area contributed by atoms with Crippen molar-refractivity contribution in [2.24, 2.45) is 7.05 Å². The maximum Gasteiger partial charge on any atom is 0.335 e. The van der Waals surface area contributed by atoms with E-state index in [2.05, 4.69) is 0 Å². The lowest BCUT2D eigenvalue weighted by Crippen LogP contribution is -2.52. The number of hydrogen-bond acceptors (Lipinski definition) is 5. The largest absolute Gasteiger partial charge is 0.484 e. The maximum absolute atomic E-state index is 13.0. The molecule has 1 aliphatic heterocycles. The van der Waals surface area contributed by atoms with Gasteiger partial charge in [-0.15, -0.1) is 0 Å². The fourth-order valence-corrected chi connectivity index (χ4v) is 4.17. The smallest absolute Gasteiger partial charge is 0.335 e. The average molecular weight is 449 g/mol. The van der Waals surface area contributed by atoms with Gasteiger partial charge in [-0.3, -0.25) is 18.7 Å². The first-order valence-corrected chi connectivity index (χ1v) is 11.0. The third-order valence-corrected chi connectivity index (χ3v) is 5.98. The second-order valence-corrected chi connectivity index (χ2v) is 8.22. The van der Waals surface area contributed by atoms with E-state index in [0.717, 1.165) is 10.1 Å². The summed E-state index contributed by atoms with van der Waals surface area (Å²) in [5.41, 5.74) is 2.16. The second-order valence-electron chi connectivity index (χ2n) is 8.22. The molecule has 2 heterocycles. The number of para-hydroxylation sites is 1. The molecule has 1 aromatic heterocycles. The highest BCUT2D eigenvalue weighted by atomic mass is 16.5. The van der Waals surface area contributed by atoms with E-state index >= 15 is 0 Å². The molecule has 172 valence electrons. The van der Waals surface area contributed by atoms with Crippen LogP contribution in [0.3, 0.4) is 0 Å². The number of aryl methyl sites for hydroxylation is 1. The van der Waals surface area contributed by atoms with Crippen molar-refractivity contribution in [1.29, 1.82) is 0 Å². The number of benzene rings is 2. The van der Waals surface area contributed by atoms with E-state index in [0.29, 0.717) is 49.0 Å². The zero-order valence-electron chi connectivity index (χ0n) is 19.2. The molecule has 8 nitrogen and oxygen atoms in total. The van der Waals surface area contributed by atoms with Gasteiger partial charge >= 0.3 is 5.69 Å². The Balaban J connectivity index is 1.50. The number of ether oxygens (including phenoxy) is 1. The normalized spacial score (nSPS) is 13.8. The third-order valence-electron chi connectivity index (χ3n) is 5.98. The first-order valence-electron chi connectivity index (χ1n) is 11.0. The second kappa shape index (κ2) is 9.36. The molecule has 0 unspecified atom stereocenters. The van der Waals surface area contributed by atoms with Crippen LogP contribution in [0.25, 0.3) is 5.69 Å². The van der Waals surface area contributed by atoms with Gasteiger partial charge < -0.3 is 14.5 Å². The Hall–Kier alpha value is -3.81. The number of rotatable bonds is 5. The zero-order chi connectivity index (χ0) is 23.5. The van der Waals surface area contributed by atoms with Crippen LogP contribution < -0.4 is 20.9 Å². The number of aromatic nitrogens is 2. The minimum absolute atomic E-state index is 0.0247. The van der Waals surface area contributed by atoms with Gasteiger partial charge in [0.25, 0.3) is 11.5 Å². The summed E-state index contributed by atoms with van der Waals surface area (Å²) >= 11 is 0. The van der Waals surface area contributed by atoms with Crippen molar-refractivity contribution >= 4 is 11.6 Å². The Morgan fingerprint density at radius 3 is 2.30 bits per heavy atom. The van der Waals surface area contributed by atoms with Crippen molar-refractivity contribution in [1.82, 2.24) is 14.0 Å². The van der Waals surface area contributed by atoms with E-state index in [1.807, 2.05) is 66.4 Å². The Labute approximate surface area is 192 Å². The molecule has 1 aliphatic rings. The predicted octanol–water partition coefficient (Wildman–Crippen LogP) is 1.88. The van der Waals surface area contributed by atoms with Gasteiger partial charge in [0, 0.05) is 33.2 Å². The Morgan fingerprint density at radius 1 is 0.939 bits per heavy atom. The number of carbonyl (C=O) groups is 1. The van der Waals surface area contributed by atoms with Crippen LogP contribution in [0.2, 0.25) is 0 Å². The molecule has 0 bridgehead atoms. The SMILES string of the molecule is Cc1cccc(OCC(=O)N2CCN(c3c(C)n(-c4ccccc4)c(=O)n(C)c3=O)CC2)c1. The summed E-state index contributed by atoms with van der Waals surface area (Å²) in [6, 6.07) is 16.9. The summed E-state index contributed by atoms with van der Waals surface area (Å²) in [4.78, 5) is 42.2. The quantitative estimate of drug-likeness (QED) is 0.596. The van der Waals surface area contributed by atoms with Gasteiger partial charge in [-0.25, -0.2) is 4.79 Å². The van der Waals surface area contributed by atoms with Crippen LogP contribution in [0, 0.1) is 13.8 Å². The molecule has 33 heavy (non-hydrogen) atoms. The van der Waals surface area contributed by atoms with Gasteiger partial charge in [0.05, 0.1) is 11.4 Å². The molecule has 0 radical (unpaired) electrons. The standard InChI is InChI=1S/C25H28N4O4/c1-18-8-7-11-21(16-18)33-17-22(30)27-12-14-28(15-13-27)23-19(2)29(20-9-5-4-6-10-20)25(32)26(3)24(23)31/h4-11,16H,12-15,17H2,1-3H3. The number of carbonyl (C=O) groups excluding carboxylic acids is 1. The van der Waals surface area contributed by atoms with Crippen LogP contribution in [0.5, 0.6) is 5.75 Å². The zero-order valence-corrected chi connectivity index (χ0v) is 19.2. The number of anilines is 1. The molecule has 8 heteroatoms. The minimum Gasteiger partial charge on any atom is -0.484 e. The van der Waals surface area contributed by atoms with Gasteiger partial charge in [0.2, 0.25) is 0 Å². The van der Waals surface area contributed by atoms with Gasteiger partial charge in [-0.2, -0.15) is 0 Å². The fraction of sp³-hybridized carbons (Fsp3) is 0.320. The average Bonchev–Trinajstić information content (AvgIpc) is 2.82. The number of hydrogen-bond donors (Lipinski definition) is 0. The van der Waals surface area contributed by atoms with Gasteiger partial charge in [0.1, 0.15) is 11.4 Å². The van der Waals surface area contributed by atoms with Crippen molar-refractivity contribution < 1.29 is 9.53 Å². The summed E-state index contributed by atoms with van der Waals surface area (Å²) in [5.74, 6) is 0.583. The molecule has 1 saturated heterocycles. The van der Waals surface area contributed by atoms with Crippen molar-refractivity contribution in [2.45, 2.75) is 13.8 Å². The summed E-state index contributed by atoms with van der Waals surface area (Å²) < 4.78 is 8.35. The van der Waals surface area contributed by atoms with Gasteiger partial charge in [0.15, 0.2) is 6.61 Å². The first-order chi connectivity index (χ1) is 15.9. The highest BCUT2D eigenvalue weighted by molar-refractivity contribution is 5.78. The van der Waals surface area contributed by atoms with E-state index in [1.54, 1.807) is 16.4 Å². The van der Waals surface area contributed by atoms with Crippen LogP contribution in [0.15, 0.2) is 64.2 Å². The molecular formula is C25H28N4O4. The van der Waals surface area contributed by atoms with Crippen molar-refractivity contribution in [3.8, 4) is 11.4 Å². The van der Waals surface area contributed by atoms with E-state index in [-0.39, 0.29) is 23.8 Å². The van der Waals surface area contributed by atoms with Crippen molar-refractivity contribution in [3.05, 3.63) is 86.7 Å². The first kappa shape index (κ1) is 22.4. The van der Waals surface area contributed by atoms with Crippen LogP contribution >= 0.6 is 0 Å². The number of piperazine rings is 1. The maximum atomic E-state index is 13.0. The number of nitrogens with zero attached hydrogens (tertiary/aromatic N) is 4. The monoisotopic (exact) mass is 448 g/mol. The molecule has 0 N–H and O–H groups in total. The highest BCUT2D eigenvalue weighted by Gasteiger charge is 2.26. The van der Waals surface area contributed by atoms with Crippen LogP contribution in [0.1, 0.15) is 11.3 Å². The lowest BCUT2D eigenvalue weighted by Gasteiger charge is -2.36. The molecule has 3 aromatic rings. The van der Waals surface area contributed by atoms with Crippen LogP contribution in [-0.4, -0.2) is 52.7 Å².